The lowest BCUT2D eigenvalue weighted by Gasteiger charge is -2.55. The van der Waals surface area contributed by atoms with Gasteiger partial charge in [-0.05, 0) is 75.8 Å². The Kier molecular flexibility index (Phi) is 9.24. The summed E-state index contributed by atoms with van der Waals surface area (Å²) in [5.41, 5.74) is 1.91. The Bertz CT molecular complexity index is 1320. The number of fused-ring (bicyclic) bond motifs is 5. The Morgan fingerprint density at radius 3 is 2.38 bits per heavy atom. The second-order valence-corrected chi connectivity index (χ2v) is 12.9. The molecule has 2 saturated heterocycles. The van der Waals surface area contributed by atoms with E-state index in [1.807, 2.05) is 28.8 Å². The molecule has 6 rings (SSSR count). The standard InChI is InChI=1S/C33H46N4O5/c1-2-41-31(39)14-13-29(35-42-16-15-38)32-33(40)37(30-12-4-3-11-28(30)34-32)27-20-24-9-6-10-25(21-27)36(24)26-18-22-7-5-8-23(17-22)19-26/h3-4,11-12,22-27,38H,2,5-10,13-21H2,1H3. The first-order valence-corrected chi connectivity index (χ1v) is 16.3. The highest BCUT2D eigenvalue weighted by atomic mass is 16.6. The average molecular weight is 579 g/mol. The zero-order valence-corrected chi connectivity index (χ0v) is 25.0. The van der Waals surface area contributed by atoms with Crippen LogP contribution in [-0.2, 0) is 14.4 Å². The Balaban J connectivity index is 1.32. The molecule has 1 aromatic carbocycles. The van der Waals surface area contributed by atoms with Crippen molar-refractivity contribution in [2.45, 2.75) is 115 Å². The number of ether oxygens (including phenoxy) is 1. The van der Waals surface area contributed by atoms with Gasteiger partial charge in [0.1, 0.15) is 12.3 Å². The number of rotatable bonds is 10. The van der Waals surface area contributed by atoms with E-state index in [1.54, 1.807) is 6.92 Å². The highest BCUT2D eigenvalue weighted by molar-refractivity contribution is 6.00. The largest absolute Gasteiger partial charge is 0.466 e. The van der Waals surface area contributed by atoms with E-state index < -0.39 is 0 Å². The van der Waals surface area contributed by atoms with Gasteiger partial charge in [0.15, 0.2) is 5.69 Å². The van der Waals surface area contributed by atoms with Gasteiger partial charge in [0.2, 0.25) is 0 Å². The SMILES string of the molecule is CCOC(=O)CCC(=NOCCO)c1nc2ccccc2n(C2CC3CCCC(C2)N3C2CC3CCCC(C3)C2)c1=O. The lowest BCUT2D eigenvalue weighted by Crippen LogP contribution is -2.58. The van der Waals surface area contributed by atoms with Crippen molar-refractivity contribution in [3.8, 4) is 0 Å². The quantitative estimate of drug-likeness (QED) is 0.183. The molecule has 2 saturated carbocycles. The molecule has 4 unspecified atom stereocenters. The molecular weight excluding hydrogens is 532 g/mol. The maximum Gasteiger partial charge on any atom is 0.306 e. The van der Waals surface area contributed by atoms with Crippen LogP contribution in [0.5, 0.6) is 0 Å². The molecule has 9 heteroatoms. The number of carbonyl (C=O) groups is 1. The maximum absolute atomic E-state index is 14.3. The lowest BCUT2D eigenvalue weighted by molar-refractivity contribution is -0.142. The molecule has 4 bridgehead atoms. The number of aliphatic hydroxyl groups is 1. The molecule has 2 aliphatic carbocycles. The van der Waals surface area contributed by atoms with Gasteiger partial charge in [0.05, 0.1) is 30.7 Å². The van der Waals surface area contributed by atoms with Gasteiger partial charge < -0.3 is 19.2 Å². The Morgan fingerprint density at radius 2 is 1.67 bits per heavy atom. The summed E-state index contributed by atoms with van der Waals surface area (Å²) in [5, 5.41) is 13.4. The fraction of sp³-hybridized carbons (Fsp3) is 0.697. The van der Waals surface area contributed by atoms with Crippen LogP contribution in [0.1, 0.15) is 102 Å². The van der Waals surface area contributed by atoms with E-state index in [1.165, 1.54) is 57.8 Å². The van der Waals surface area contributed by atoms with Crippen molar-refractivity contribution in [3.63, 3.8) is 0 Å². The monoisotopic (exact) mass is 578 g/mol. The number of carbonyl (C=O) groups excluding carboxylic acids is 1. The van der Waals surface area contributed by atoms with Gasteiger partial charge >= 0.3 is 5.97 Å². The van der Waals surface area contributed by atoms with E-state index in [0.717, 1.165) is 35.7 Å². The van der Waals surface area contributed by atoms with Crippen molar-refractivity contribution >= 4 is 22.7 Å². The molecular formula is C33H46N4O5. The number of esters is 1. The van der Waals surface area contributed by atoms with Gasteiger partial charge in [-0.15, -0.1) is 0 Å². The van der Waals surface area contributed by atoms with Crippen LogP contribution >= 0.6 is 0 Å². The molecule has 42 heavy (non-hydrogen) atoms. The van der Waals surface area contributed by atoms with Crippen LogP contribution in [0.4, 0.5) is 0 Å². The van der Waals surface area contributed by atoms with Gasteiger partial charge in [0.25, 0.3) is 5.56 Å². The van der Waals surface area contributed by atoms with Gasteiger partial charge in [-0.1, -0.05) is 43.0 Å². The number of aliphatic hydroxyl groups excluding tert-OH is 1. The number of piperidine rings is 2. The van der Waals surface area contributed by atoms with Crippen molar-refractivity contribution in [1.29, 1.82) is 0 Å². The minimum absolute atomic E-state index is 0.00458. The van der Waals surface area contributed by atoms with Crippen molar-refractivity contribution in [2.75, 3.05) is 19.8 Å². The molecule has 2 aliphatic heterocycles. The first kappa shape index (κ1) is 29.3. The van der Waals surface area contributed by atoms with E-state index in [4.69, 9.17) is 14.6 Å². The number of hydrogen-bond donors (Lipinski definition) is 1. The van der Waals surface area contributed by atoms with Crippen LogP contribution < -0.4 is 5.56 Å². The van der Waals surface area contributed by atoms with E-state index in [9.17, 15) is 14.7 Å². The third-order valence-corrected chi connectivity index (χ3v) is 10.2. The number of benzene rings is 1. The second-order valence-electron chi connectivity index (χ2n) is 12.9. The molecule has 2 aromatic rings. The first-order valence-electron chi connectivity index (χ1n) is 16.3. The van der Waals surface area contributed by atoms with Crippen LogP contribution in [-0.4, -0.2) is 69.2 Å². The van der Waals surface area contributed by atoms with Gasteiger partial charge in [-0.2, -0.15) is 0 Å². The highest BCUT2D eigenvalue weighted by Gasteiger charge is 2.45. The van der Waals surface area contributed by atoms with Gasteiger partial charge in [-0.3, -0.25) is 14.5 Å². The van der Waals surface area contributed by atoms with E-state index in [0.29, 0.717) is 23.8 Å². The van der Waals surface area contributed by atoms with Crippen LogP contribution in [0, 0.1) is 11.8 Å². The zero-order valence-electron chi connectivity index (χ0n) is 25.0. The molecule has 3 heterocycles. The van der Waals surface area contributed by atoms with Gasteiger partial charge in [-0.25, -0.2) is 4.98 Å². The molecule has 0 radical (unpaired) electrons. The van der Waals surface area contributed by atoms with Crippen molar-refractivity contribution in [2.24, 2.45) is 17.0 Å². The summed E-state index contributed by atoms with van der Waals surface area (Å²) < 4.78 is 7.09. The first-order chi connectivity index (χ1) is 20.6. The Hall–Kier alpha value is -2.78. The van der Waals surface area contributed by atoms with Crippen LogP contribution in [0.2, 0.25) is 0 Å². The molecule has 0 amide bonds. The summed E-state index contributed by atoms with van der Waals surface area (Å²) in [6.07, 6.45) is 14.2. The summed E-state index contributed by atoms with van der Waals surface area (Å²) in [6.45, 7) is 1.85. The molecule has 228 valence electrons. The number of oxime groups is 1. The summed E-state index contributed by atoms with van der Waals surface area (Å²) in [4.78, 5) is 39.5. The normalized spacial score (nSPS) is 29.8. The highest BCUT2D eigenvalue weighted by Crippen LogP contribution is 2.47. The fourth-order valence-corrected chi connectivity index (χ4v) is 8.67. The lowest BCUT2D eigenvalue weighted by atomic mass is 9.68. The number of aromatic nitrogens is 2. The van der Waals surface area contributed by atoms with Crippen molar-refractivity contribution < 1.29 is 19.5 Å². The molecule has 0 spiro atoms. The number of nitrogens with zero attached hydrogens (tertiary/aromatic N) is 4. The molecule has 1 aromatic heterocycles. The third-order valence-electron chi connectivity index (χ3n) is 10.2. The van der Waals surface area contributed by atoms with Crippen LogP contribution in [0.15, 0.2) is 34.2 Å². The Labute approximate surface area is 248 Å². The van der Waals surface area contributed by atoms with Crippen LogP contribution in [0.3, 0.4) is 0 Å². The topological polar surface area (TPSA) is 106 Å². The summed E-state index contributed by atoms with van der Waals surface area (Å²) in [5.74, 6) is 1.44. The van der Waals surface area contributed by atoms with Crippen molar-refractivity contribution in [1.82, 2.24) is 14.5 Å². The molecule has 9 nitrogen and oxygen atoms in total. The number of hydrogen-bond acceptors (Lipinski definition) is 8. The minimum Gasteiger partial charge on any atom is -0.466 e. The van der Waals surface area contributed by atoms with E-state index in [2.05, 4.69) is 10.1 Å². The van der Waals surface area contributed by atoms with Crippen molar-refractivity contribution in [3.05, 3.63) is 40.3 Å². The number of para-hydroxylation sites is 2. The van der Waals surface area contributed by atoms with E-state index >= 15 is 0 Å². The summed E-state index contributed by atoms with van der Waals surface area (Å²) in [6, 6.07) is 9.59. The minimum atomic E-state index is -0.361. The van der Waals surface area contributed by atoms with Crippen LogP contribution in [0.25, 0.3) is 11.0 Å². The third kappa shape index (κ3) is 6.13. The average Bonchev–Trinajstić information content (AvgIpc) is 2.98. The predicted molar refractivity (Wildman–Crippen MR) is 161 cm³/mol. The fourth-order valence-electron chi connectivity index (χ4n) is 8.67. The smallest absolute Gasteiger partial charge is 0.306 e. The summed E-state index contributed by atoms with van der Waals surface area (Å²) in [7, 11) is 0. The molecule has 1 N–H and O–H groups in total. The van der Waals surface area contributed by atoms with E-state index in [-0.39, 0.29) is 55.9 Å². The maximum atomic E-state index is 14.3. The Morgan fingerprint density at radius 1 is 0.952 bits per heavy atom. The van der Waals surface area contributed by atoms with Gasteiger partial charge in [0, 0.05) is 30.6 Å². The summed E-state index contributed by atoms with van der Waals surface area (Å²) >= 11 is 0. The molecule has 4 fully saturated rings. The predicted octanol–water partition coefficient (Wildman–Crippen LogP) is 4.98. The molecule has 4 aliphatic rings. The second kappa shape index (κ2) is 13.2. The molecule has 4 atom stereocenters. The zero-order chi connectivity index (χ0) is 29.1.